The molecule has 0 bridgehead atoms. The fourth-order valence-corrected chi connectivity index (χ4v) is 3.91. The van der Waals surface area contributed by atoms with Gasteiger partial charge in [0, 0.05) is 12.2 Å². The quantitative estimate of drug-likeness (QED) is 0.466. The molecule has 1 aromatic carbocycles. The number of aryl methyl sites for hydroxylation is 1. The van der Waals surface area contributed by atoms with Gasteiger partial charge in [0.15, 0.2) is 0 Å². The highest BCUT2D eigenvalue weighted by molar-refractivity contribution is 6.02. The summed E-state index contributed by atoms with van der Waals surface area (Å²) in [5.41, 5.74) is 0.374. The van der Waals surface area contributed by atoms with Crippen molar-refractivity contribution in [3.05, 3.63) is 75.5 Å². The van der Waals surface area contributed by atoms with Gasteiger partial charge < -0.3 is 10.1 Å². The summed E-state index contributed by atoms with van der Waals surface area (Å²) in [6.07, 6.45) is 7.69. The number of halogens is 1. The molecule has 7 nitrogen and oxygen atoms in total. The topological polar surface area (TPSA) is 96.5 Å². The average molecular weight is 446 g/mol. The fraction of sp³-hybridized carbons (Fsp3) is 0.280. The van der Waals surface area contributed by atoms with Crippen molar-refractivity contribution in [1.29, 1.82) is 5.26 Å². The average Bonchev–Trinajstić information content (AvgIpc) is 2.82. The third kappa shape index (κ3) is 4.93. The standard InChI is InChI=1S/C25H23FN4O3/c1-16-6-5-13-30-22(16)29-24(33-20-11-9-18(26)10-12-20)21(25(30)32)14-17(15-27)23(31)28-19-7-3-2-4-8-19/h5-6,9-14,19H,2-4,7-8H2,1H3,(H,28,31)/b17-14+. The van der Waals surface area contributed by atoms with E-state index in [4.69, 9.17) is 4.74 Å². The number of nitrogens with one attached hydrogen (secondary N) is 1. The van der Waals surface area contributed by atoms with Crippen LogP contribution in [-0.2, 0) is 4.79 Å². The maximum Gasteiger partial charge on any atom is 0.269 e. The summed E-state index contributed by atoms with van der Waals surface area (Å²) < 4.78 is 20.5. The van der Waals surface area contributed by atoms with Crippen LogP contribution in [0.15, 0.2) is 53.0 Å². The summed E-state index contributed by atoms with van der Waals surface area (Å²) in [5, 5.41) is 12.5. The Kier molecular flexibility index (Phi) is 6.50. The number of pyridine rings is 1. The van der Waals surface area contributed by atoms with E-state index in [1.54, 1.807) is 25.3 Å². The molecule has 1 saturated carbocycles. The lowest BCUT2D eigenvalue weighted by Gasteiger charge is -2.22. The molecule has 8 heteroatoms. The zero-order chi connectivity index (χ0) is 23.4. The van der Waals surface area contributed by atoms with Gasteiger partial charge in [0.05, 0.1) is 0 Å². The molecule has 0 saturated heterocycles. The maximum absolute atomic E-state index is 13.3. The van der Waals surface area contributed by atoms with E-state index in [2.05, 4.69) is 10.3 Å². The molecule has 4 rings (SSSR count). The molecule has 0 aliphatic heterocycles. The number of aromatic nitrogens is 2. The summed E-state index contributed by atoms with van der Waals surface area (Å²) in [4.78, 5) is 30.6. The molecule has 0 radical (unpaired) electrons. The van der Waals surface area contributed by atoms with Gasteiger partial charge in [-0.3, -0.25) is 14.0 Å². The monoisotopic (exact) mass is 446 g/mol. The Morgan fingerprint density at radius 3 is 2.67 bits per heavy atom. The molecule has 3 aromatic rings. The molecule has 1 fully saturated rings. The number of carbonyl (C=O) groups is 1. The predicted octanol–water partition coefficient (Wildman–Crippen LogP) is 4.29. The molecule has 0 atom stereocenters. The Morgan fingerprint density at radius 2 is 1.97 bits per heavy atom. The van der Waals surface area contributed by atoms with Gasteiger partial charge in [-0.25, -0.2) is 4.39 Å². The second-order valence-electron chi connectivity index (χ2n) is 8.05. The highest BCUT2D eigenvalue weighted by Crippen LogP contribution is 2.25. The van der Waals surface area contributed by atoms with Crippen molar-refractivity contribution in [3.63, 3.8) is 0 Å². The van der Waals surface area contributed by atoms with Crippen LogP contribution in [0.25, 0.3) is 11.7 Å². The van der Waals surface area contributed by atoms with Gasteiger partial charge in [0.1, 0.15) is 34.4 Å². The largest absolute Gasteiger partial charge is 0.438 e. The van der Waals surface area contributed by atoms with E-state index >= 15 is 0 Å². The molecule has 2 aromatic heterocycles. The summed E-state index contributed by atoms with van der Waals surface area (Å²) in [6, 6.07) is 10.7. The number of nitriles is 1. The van der Waals surface area contributed by atoms with Crippen molar-refractivity contribution in [3.8, 4) is 17.7 Å². The Hall–Kier alpha value is -3.99. The van der Waals surface area contributed by atoms with Crippen LogP contribution in [0.3, 0.4) is 0 Å². The van der Waals surface area contributed by atoms with E-state index in [9.17, 15) is 19.2 Å². The lowest BCUT2D eigenvalue weighted by atomic mass is 9.95. The Balaban J connectivity index is 1.79. The van der Waals surface area contributed by atoms with Gasteiger partial charge in [-0.2, -0.15) is 10.2 Å². The smallest absolute Gasteiger partial charge is 0.269 e. The molecule has 168 valence electrons. The van der Waals surface area contributed by atoms with Crippen LogP contribution in [0, 0.1) is 24.1 Å². The van der Waals surface area contributed by atoms with E-state index in [1.807, 2.05) is 6.07 Å². The normalized spacial score (nSPS) is 14.6. The predicted molar refractivity (Wildman–Crippen MR) is 121 cm³/mol. The number of amides is 1. The van der Waals surface area contributed by atoms with E-state index in [0.29, 0.717) is 5.65 Å². The first-order chi connectivity index (χ1) is 16.0. The first-order valence-corrected chi connectivity index (χ1v) is 10.8. The third-order valence-electron chi connectivity index (χ3n) is 5.67. The number of fused-ring (bicyclic) bond motifs is 1. The second kappa shape index (κ2) is 9.65. The fourth-order valence-electron chi connectivity index (χ4n) is 3.91. The van der Waals surface area contributed by atoms with Crippen LogP contribution >= 0.6 is 0 Å². The highest BCUT2D eigenvalue weighted by atomic mass is 19.1. The molecule has 0 unspecified atom stereocenters. The van der Waals surface area contributed by atoms with Crippen molar-refractivity contribution in [2.75, 3.05) is 0 Å². The van der Waals surface area contributed by atoms with E-state index < -0.39 is 17.3 Å². The van der Waals surface area contributed by atoms with E-state index in [0.717, 1.165) is 37.7 Å². The molecular formula is C25H23FN4O3. The van der Waals surface area contributed by atoms with Crippen molar-refractivity contribution in [1.82, 2.24) is 14.7 Å². The lowest BCUT2D eigenvalue weighted by molar-refractivity contribution is -0.117. The number of benzene rings is 1. The number of hydrogen-bond acceptors (Lipinski definition) is 5. The van der Waals surface area contributed by atoms with Crippen LogP contribution in [0.5, 0.6) is 11.6 Å². The molecular weight excluding hydrogens is 423 g/mol. The number of rotatable bonds is 5. The van der Waals surface area contributed by atoms with Crippen LogP contribution in [0.2, 0.25) is 0 Å². The Labute approximate surface area is 190 Å². The van der Waals surface area contributed by atoms with Crippen molar-refractivity contribution in [2.24, 2.45) is 0 Å². The molecule has 2 heterocycles. The van der Waals surface area contributed by atoms with Gasteiger partial charge in [0.2, 0.25) is 5.88 Å². The Bertz CT molecular complexity index is 1320. The first kappa shape index (κ1) is 22.2. The van der Waals surface area contributed by atoms with Gasteiger partial charge in [-0.15, -0.1) is 0 Å². The Morgan fingerprint density at radius 1 is 1.24 bits per heavy atom. The summed E-state index contributed by atoms with van der Waals surface area (Å²) in [6.45, 7) is 1.80. The molecule has 1 N–H and O–H groups in total. The first-order valence-electron chi connectivity index (χ1n) is 10.8. The van der Waals surface area contributed by atoms with Gasteiger partial charge >= 0.3 is 0 Å². The number of ether oxygens (including phenoxy) is 1. The maximum atomic E-state index is 13.3. The third-order valence-corrected chi connectivity index (χ3v) is 5.67. The molecule has 1 amide bonds. The summed E-state index contributed by atoms with van der Waals surface area (Å²) >= 11 is 0. The zero-order valence-corrected chi connectivity index (χ0v) is 18.2. The van der Waals surface area contributed by atoms with Gasteiger partial charge in [-0.05, 0) is 61.7 Å². The SMILES string of the molecule is Cc1cccn2c(=O)c(/C=C(\C#N)C(=O)NC3CCCCC3)c(Oc3ccc(F)cc3)nc12. The van der Waals surface area contributed by atoms with Crippen LogP contribution in [0.4, 0.5) is 4.39 Å². The molecule has 1 aliphatic carbocycles. The van der Waals surface area contributed by atoms with Crippen molar-refractivity contribution in [2.45, 2.75) is 45.1 Å². The van der Waals surface area contributed by atoms with Crippen LogP contribution < -0.4 is 15.6 Å². The minimum absolute atomic E-state index is 0.0106. The van der Waals surface area contributed by atoms with E-state index in [-0.39, 0.29) is 28.8 Å². The van der Waals surface area contributed by atoms with Crippen molar-refractivity contribution >= 4 is 17.6 Å². The minimum Gasteiger partial charge on any atom is -0.438 e. The van der Waals surface area contributed by atoms with Gasteiger partial charge in [0.25, 0.3) is 11.5 Å². The molecule has 0 spiro atoms. The zero-order valence-electron chi connectivity index (χ0n) is 18.2. The summed E-state index contributed by atoms with van der Waals surface area (Å²) in [5.74, 6) is -0.776. The second-order valence-corrected chi connectivity index (χ2v) is 8.05. The summed E-state index contributed by atoms with van der Waals surface area (Å²) in [7, 11) is 0. The number of carbonyl (C=O) groups excluding carboxylic acids is 1. The van der Waals surface area contributed by atoms with E-state index in [1.165, 1.54) is 34.7 Å². The molecule has 33 heavy (non-hydrogen) atoms. The van der Waals surface area contributed by atoms with Crippen LogP contribution in [-0.4, -0.2) is 21.3 Å². The van der Waals surface area contributed by atoms with Crippen LogP contribution in [0.1, 0.15) is 43.2 Å². The molecule has 1 aliphatic rings. The lowest BCUT2D eigenvalue weighted by Crippen LogP contribution is -2.36. The van der Waals surface area contributed by atoms with Crippen molar-refractivity contribution < 1.29 is 13.9 Å². The number of hydrogen-bond donors (Lipinski definition) is 1. The highest BCUT2D eigenvalue weighted by Gasteiger charge is 2.21. The minimum atomic E-state index is -0.536. The van der Waals surface area contributed by atoms with Gasteiger partial charge in [-0.1, -0.05) is 25.3 Å². The number of nitrogens with zero attached hydrogens (tertiary/aromatic N) is 3.